The second-order valence-electron chi connectivity index (χ2n) is 4.67. The van der Waals surface area contributed by atoms with Crippen LogP contribution in [-0.4, -0.2) is 5.91 Å². The highest BCUT2D eigenvalue weighted by atomic mass is 35.5. The zero-order valence-corrected chi connectivity index (χ0v) is 9.60. The Morgan fingerprint density at radius 2 is 2.00 bits per heavy atom. The zero-order valence-electron chi connectivity index (χ0n) is 8.85. The lowest BCUT2D eigenvalue weighted by Gasteiger charge is -2.20. The molecule has 0 unspecified atom stereocenters. The number of carbonyl (C=O) groups excluding carboxylic acids is 1. The molecule has 0 aromatic heterocycles. The second-order valence-corrected chi connectivity index (χ2v) is 5.08. The maximum atomic E-state index is 12.1. The summed E-state index contributed by atoms with van der Waals surface area (Å²) in [6.45, 7) is 0. The van der Waals surface area contributed by atoms with Crippen LogP contribution < -0.4 is 11.1 Å². The van der Waals surface area contributed by atoms with Crippen LogP contribution in [-0.2, 0) is 10.2 Å². The number of fused-ring (bicyclic) bond motifs is 2. The van der Waals surface area contributed by atoms with Crippen molar-refractivity contribution in [3.05, 3.63) is 22.7 Å². The van der Waals surface area contributed by atoms with E-state index < -0.39 is 0 Å². The molecule has 0 radical (unpaired) electrons. The standard InChI is InChI=1S/C12H13ClN2O/c13-9-6-7(14)5-8-10(9)15-11(16)12(8)3-1-2-4-12/h5-6H,1-4,14H2,(H,15,16). The Hall–Kier alpha value is -1.22. The van der Waals surface area contributed by atoms with Crippen molar-refractivity contribution in [2.75, 3.05) is 11.1 Å². The van der Waals surface area contributed by atoms with Crippen molar-refractivity contribution < 1.29 is 4.79 Å². The molecule has 16 heavy (non-hydrogen) atoms. The number of halogens is 1. The molecule has 84 valence electrons. The molecule has 1 saturated carbocycles. The van der Waals surface area contributed by atoms with E-state index in [1.54, 1.807) is 6.07 Å². The average molecular weight is 237 g/mol. The van der Waals surface area contributed by atoms with Gasteiger partial charge in [0, 0.05) is 5.69 Å². The number of hydrogen-bond donors (Lipinski definition) is 2. The van der Waals surface area contributed by atoms with E-state index in [0.29, 0.717) is 10.7 Å². The molecule has 3 N–H and O–H groups in total. The minimum atomic E-state index is -0.353. The topological polar surface area (TPSA) is 55.1 Å². The maximum absolute atomic E-state index is 12.1. The molecule has 4 heteroatoms. The third kappa shape index (κ3) is 1.12. The summed E-state index contributed by atoms with van der Waals surface area (Å²) in [6, 6.07) is 3.58. The van der Waals surface area contributed by atoms with Crippen LogP contribution in [0.1, 0.15) is 31.2 Å². The van der Waals surface area contributed by atoms with E-state index >= 15 is 0 Å². The van der Waals surface area contributed by atoms with E-state index in [1.807, 2.05) is 6.07 Å². The summed E-state index contributed by atoms with van der Waals surface area (Å²) in [5.41, 5.74) is 7.85. The van der Waals surface area contributed by atoms with Crippen molar-refractivity contribution >= 4 is 28.9 Å². The predicted molar refractivity (Wildman–Crippen MR) is 64.6 cm³/mol. The first kappa shape index (κ1) is 9.97. The minimum Gasteiger partial charge on any atom is -0.399 e. The fraction of sp³-hybridized carbons (Fsp3) is 0.417. The number of anilines is 2. The van der Waals surface area contributed by atoms with Crippen LogP contribution in [0, 0.1) is 0 Å². The van der Waals surface area contributed by atoms with Gasteiger partial charge in [0.25, 0.3) is 0 Å². The van der Waals surface area contributed by atoms with Crippen LogP contribution in [0.2, 0.25) is 5.02 Å². The van der Waals surface area contributed by atoms with Crippen molar-refractivity contribution in [1.82, 2.24) is 0 Å². The van der Waals surface area contributed by atoms with Crippen molar-refractivity contribution in [2.24, 2.45) is 0 Å². The van der Waals surface area contributed by atoms with Gasteiger partial charge >= 0.3 is 0 Å². The van der Waals surface area contributed by atoms with Gasteiger partial charge in [0.1, 0.15) is 0 Å². The lowest BCUT2D eigenvalue weighted by atomic mass is 9.80. The smallest absolute Gasteiger partial charge is 0.235 e. The fourth-order valence-corrected chi connectivity index (χ4v) is 3.24. The molecule has 1 aliphatic heterocycles. The lowest BCUT2D eigenvalue weighted by molar-refractivity contribution is -0.120. The first-order chi connectivity index (χ1) is 7.63. The summed E-state index contributed by atoms with van der Waals surface area (Å²) in [5.74, 6) is 0.0903. The first-order valence-electron chi connectivity index (χ1n) is 5.54. The van der Waals surface area contributed by atoms with E-state index in [2.05, 4.69) is 5.32 Å². The number of carbonyl (C=O) groups is 1. The molecule has 1 aromatic carbocycles. The molecule has 0 bridgehead atoms. The van der Waals surface area contributed by atoms with E-state index in [9.17, 15) is 4.79 Å². The Labute approximate surface area is 99.0 Å². The second kappa shape index (κ2) is 3.14. The van der Waals surface area contributed by atoms with Gasteiger partial charge in [-0.25, -0.2) is 0 Å². The summed E-state index contributed by atoms with van der Waals surface area (Å²) < 4.78 is 0. The number of hydrogen-bond acceptors (Lipinski definition) is 2. The van der Waals surface area contributed by atoms with Gasteiger partial charge in [0.2, 0.25) is 5.91 Å². The zero-order chi connectivity index (χ0) is 11.3. The van der Waals surface area contributed by atoms with Crippen LogP contribution in [0.4, 0.5) is 11.4 Å². The Bertz CT molecular complexity index is 478. The summed E-state index contributed by atoms with van der Waals surface area (Å²) in [5, 5.41) is 3.45. The van der Waals surface area contributed by atoms with Crippen LogP contribution in [0.25, 0.3) is 0 Å². The molecule has 1 fully saturated rings. The third-order valence-electron chi connectivity index (χ3n) is 3.76. The molecule has 1 aliphatic carbocycles. The van der Waals surface area contributed by atoms with Gasteiger partial charge in [-0.05, 0) is 30.5 Å². The minimum absolute atomic E-state index is 0.0903. The molecular weight excluding hydrogens is 224 g/mol. The Kier molecular flexibility index (Phi) is 1.96. The van der Waals surface area contributed by atoms with Crippen molar-refractivity contribution in [3.63, 3.8) is 0 Å². The molecule has 3 rings (SSSR count). The monoisotopic (exact) mass is 236 g/mol. The first-order valence-corrected chi connectivity index (χ1v) is 5.92. The molecule has 3 nitrogen and oxygen atoms in total. The number of nitrogen functional groups attached to an aromatic ring is 1. The van der Waals surface area contributed by atoms with E-state index in [1.165, 1.54) is 0 Å². The highest BCUT2D eigenvalue weighted by Crippen LogP contribution is 2.51. The van der Waals surface area contributed by atoms with Crippen LogP contribution in [0.3, 0.4) is 0 Å². The fourth-order valence-electron chi connectivity index (χ4n) is 2.96. The van der Waals surface area contributed by atoms with Gasteiger partial charge < -0.3 is 11.1 Å². The molecule has 1 heterocycles. The average Bonchev–Trinajstić information content (AvgIpc) is 2.79. The maximum Gasteiger partial charge on any atom is 0.235 e. The Morgan fingerprint density at radius 3 is 2.69 bits per heavy atom. The number of rotatable bonds is 0. The van der Waals surface area contributed by atoms with Crippen LogP contribution in [0.5, 0.6) is 0 Å². The van der Waals surface area contributed by atoms with E-state index in [0.717, 1.165) is 36.9 Å². The predicted octanol–water partition coefficient (Wildman–Crippen LogP) is 2.69. The molecule has 2 aliphatic rings. The molecule has 1 spiro atoms. The van der Waals surface area contributed by atoms with Crippen molar-refractivity contribution in [3.8, 4) is 0 Å². The van der Waals surface area contributed by atoms with Crippen molar-refractivity contribution in [2.45, 2.75) is 31.1 Å². The number of benzene rings is 1. The molecule has 1 amide bonds. The number of amides is 1. The molecule has 0 atom stereocenters. The Morgan fingerprint density at radius 1 is 1.31 bits per heavy atom. The summed E-state index contributed by atoms with van der Waals surface area (Å²) in [6.07, 6.45) is 4.01. The summed E-state index contributed by atoms with van der Waals surface area (Å²) in [7, 11) is 0. The van der Waals surface area contributed by atoms with Gasteiger partial charge in [0.15, 0.2) is 0 Å². The Balaban J connectivity index is 2.24. The van der Waals surface area contributed by atoms with Gasteiger partial charge in [-0.1, -0.05) is 24.4 Å². The van der Waals surface area contributed by atoms with Gasteiger partial charge in [-0.2, -0.15) is 0 Å². The molecular formula is C12H13ClN2O. The largest absolute Gasteiger partial charge is 0.399 e. The van der Waals surface area contributed by atoms with Gasteiger partial charge in [0.05, 0.1) is 16.1 Å². The number of nitrogens with two attached hydrogens (primary N) is 1. The molecule has 0 saturated heterocycles. The SMILES string of the molecule is Nc1cc(Cl)c2c(c1)C1(CCCC1)C(=O)N2. The third-order valence-corrected chi connectivity index (χ3v) is 4.06. The summed E-state index contributed by atoms with van der Waals surface area (Å²) in [4.78, 5) is 12.1. The normalized spacial score (nSPS) is 21.2. The highest BCUT2D eigenvalue weighted by molar-refractivity contribution is 6.35. The van der Waals surface area contributed by atoms with Crippen LogP contribution in [0.15, 0.2) is 12.1 Å². The van der Waals surface area contributed by atoms with Gasteiger partial charge in [-0.3, -0.25) is 4.79 Å². The van der Waals surface area contributed by atoms with Crippen molar-refractivity contribution in [1.29, 1.82) is 0 Å². The number of nitrogens with one attached hydrogen (secondary N) is 1. The van der Waals surface area contributed by atoms with Gasteiger partial charge in [-0.15, -0.1) is 0 Å². The van der Waals surface area contributed by atoms with E-state index in [-0.39, 0.29) is 11.3 Å². The quantitative estimate of drug-likeness (QED) is 0.681. The highest BCUT2D eigenvalue weighted by Gasteiger charge is 2.49. The summed E-state index contributed by atoms with van der Waals surface area (Å²) >= 11 is 6.11. The van der Waals surface area contributed by atoms with Crippen LogP contribution >= 0.6 is 11.6 Å². The van der Waals surface area contributed by atoms with E-state index in [4.69, 9.17) is 17.3 Å². The molecule has 1 aromatic rings. The lowest BCUT2D eigenvalue weighted by Crippen LogP contribution is -2.30.